The molecule has 3 N–H and O–H groups in total. The molecule has 0 fully saturated rings. The fourth-order valence-corrected chi connectivity index (χ4v) is 3.22. The maximum absolute atomic E-state index is 12.3. The van der Waals surface area contributed by atoms with Gasteiger partial charge in [0.1, 0.15) is 9.88 Å². The molecule has 0 bridgehead atoms. The van der Waals surface area contributed by atoms with Crippen LogP contribution in [0, 0.1) is 6.92 Å². The molecule has 0 saturated carbocycles. The van der Waals surface area contributed by atoms with Crippen molar-refractivity contribution in [2.45, 2.75) is 11.8 Å². The summed E-state index contributed by atoms with van der Waals surface area (Å²) < 4.78 is 27.8. The zero-order chi connectivity index (χ0) is 15.6. The summed E-state index contributed by atoms with van der Waals surface area (Å²) in [6.45, 7) is 1.88. The van der Waals surface area contributed by atoms with E-state index in [1.165, 1.54) is 18.3 Å². The van der Waals surface area contributed by atoms with Gasteiger partial charge in [-0.05, 0) is 52.7 Å². The van der Waals surface area contributed by atoms with Crippen LogP contribution in [0.4, 0.5) is 5.69 Å². The highest BCUT2D eigenvalue weighted by molar-refractivity contribution is 9.10. The molecule has 1 aromatic heterocycles. The molecule has 0 atom stereocenters. The van der Waals surface area contributed by atoms with Crippen molar-refractivity contribution in [1.29, 1.82) is 0 Å². The van der Waals surface area contributed by atoms with Crippen molar-refractivity contribution in [1.82, 2.24) is 4.98 Å². The number of aryl methyl sites for hydroxylation is 1. The van der Waals surface area contributed by atoms with E-state index >= 15 is 0 Å². The van der Waals surface area contributed by atoms with Crippen molar-refractivity contribution < 1.29 is 8.42 Å². The van der Waals surface area contributed by atoms with Gasteiger partial charge in [-0.3, -0.25) is 9.71 Å². The quantitative estimate of drug-likeness (QED) is 0.789. The van der Waals surface area contributed by atoms with Crippen LogP contribution in [0.15, 0.2) is 45.9 Å². The second-order valence-corrected chi connectivity index (χ2v) is 7.31. The van der Waals surface area contributed by atoms with Gasteiger partial charge < -0.3 is 5.73 Å². The van der Waals surface area contributed by atoms with E-state index in [0.29, 0.717) is 15.9 Å². The van der Waals surface area contributed by atoms with Crippen LogP contribution < -0.4 is 10.5 Å². The van der Waals surface area contributed by atoms with Gasteiger partial charge in [-0.2, -0.15) is 0 Å². The van der Waals surface area contributed by atoms with E-state index in [0.717, 1.165) is 5.56 Å². The van der Waals surface area contributed by atoms with Crippen LogP contribution in [0.1, 0.15) is 11.3 Å². The number of sulfonamides is 1. The second kappa shape index (κ2) is 6.08. The summed E-state index contributed by atoms with van der Waals surface area (Å²) in [6.07, 6.45) is 1.22. The molecule has 1 aromatic carbocycles. The summed E-state index contributed by atoms with van der Waals surface area (Å²) in [6, 6.07) is 8.27. The van der Waals surface area contributed by atoms with Crippen molar-refractivity contribution in [3.8, 4) is 0 Å². The molecule has 0 aliphatic rings. The highest BCUT2D eigenvalue weighted by atomic mass is 79.9. The lowest BCUT2D eigenvalue weighted by atomic mass is 10.2. The largest absolute Gasteiger partial charge is 0.388 e. The predicted octanol–water partition coefficient (Wildman–Crippen LogP) is 2.59. The molecule has 8 heteroatoms. The lowest BCUT2D eigenvalue weighted by molar-refractivity contribution is 0.601. The molecule has 0 saturated heterocycles. The van der Waals surface area contributed by atoms with Crippen LogP contribution in [0.3, 0.4) is 0 Å². The van der Waals surface area contributed by atoms with Gasteiger partial charge in [0.25, 0.3) is 10.0 Å². The van der Waals surface area contributed by atoms with E-state index in [4.69, 9.17) is 18.0 Å². The van der Waals surface area contributed by atoms with Crippen LogP contribution in [0.5, 0.6) is 0 Å². The molecule has 0 amide bonds. The van der Waals surface area contributed by atoms with E-state index in [-0.39, 0.29) is 9.88 Å². The average molecular weight is 386 g/mol. The van der Waals surface area contributed by atoms with E-state index < -0.39 is 10.0 Å². The van der Waals surface area contributed by atoms with E-state index in [1.807, 2.05) is 13.0 Å². The summed E-state index contributed by atoms with van der Waals surface area (Å²) >= 11 is 8.09. The second-order valence-electron chi connectivity index (χ2n) is 4.33. The van der Waals surface area contributed by atoms with E-state index in [2.05, 4.69) is 25.6 Å². The van der Waals surface area contributed by atoms with Gasteiger partial charge in [-0.25, -0.2) is 8.42 Å². The van der Waals surface area contributed by atoms with Gasteiger partial charge in [0.2, 0.25) is 0 Å². The Morgan fingerprint density at radius 3 is 2.62 bits per heavy atom. The molecule has 2 rings (SSSR count). The zero-order valence-corrected chi connectivity index (χ0v) is 14.2. The molecule has 0 unspecified atom stereocenters. The van der Waals surface area contributed by atoms with Gasteiger partial charge in [0.05, 0.1) is 11.4 Å². The maximum Gasteiger partial charge on any atom is 0.263 e. The van der Waals surface area contributed by atoms with Crippen LogP contribution in [0.25, 0.3) is 0 Å². The number of rotatable bonds is 4. The summed E-state index contributed by atoms with van der Waals surface area (Å²) in [5, 5.41) is 0. The topological polar surface area (TPSA) is 85.1 Å². The third-order valence-corrected chi connectivity index (χ3v) is 4.92. The molecular weight excluding hydrogens is 374 g/mol. The van der Waals surface area contributed by atoms with Crippen LogP contribution in [-0.2, 0) is 10.0 Å². The monoisotopic (exact) mass is 385 g/mol. The SMILES string of the molecule is Cc1ccc(Br)c(NS(=O)(=O)c2ccc(C(N)=S)nc2)c1. The summed E-state index contributed by atoms with van der Waals surface area (Å²) in [5.74, 6) is 0. The van der Waals surface area contributed by atoms with Crippen molar-refractivity contribution >= 4 is 48.8 Å². The van der Waals surface area contributed by atoms with Gasteiger partial charge in [-0.1, -0.05) is 18.3 Å². The number of halogens is 1. The zero-order valence-electron chi connectivity index (χ0n) is 11.0. The smallest absolute Gasteiger partial charge is 0.263 e. The van der Waals surface area contributed by atoms with Crippen molar-refractivity contribution in [2.75, 3.05) is 4.72 Å². The van der Waals surface area contributed by atoms with Gasteiger partial charge >= 0.3 is 0 Å². The highest BCUT2D eigenvalue weighted by Gasteiger charge is 2.16. The third kappa shape index (κ3) is 3.78. The first-order valence-electron chi connectivity index (χ1n) is 5.84. The molecule has 1 heterocycles. The fraction of sp³-hybridized carbons (Fsp3) is 0.0769. The summed E-state index contributed by atoms with van der Waals surface area (Å²) in [7, 11) is -3.72. The Kier molecular flexibility index (Phi) is 4.60. The predicted molar refractivity (Wildman–Crippen MR) is 89.8 cm³/mol. The number of anilines is 1. The fourth-order valence-electron chi connectivity index (χ4n) is 1.61. The van der Waals surface area contributed by atoms with Crippen LogP contribution in [-0.4, -0.2) is 18.4 Å². The standard InChI is InChI=1S/C13H12BrN3O2S2/c1-8-2-4-10(14)12(6-8)17-21(18,19)9-3-5-11(13(15)20)16-7-9/h2-7,17H,1H3,(H2,15,20). The lowest BCUT2D eigenvalue weighted by Crippen LogP contribution is -2.16. The number of aromatic nitrogens is 1. The third-order valence-electron chi connectivity index (χ3n) is 2.67. The summed E-state index contributed by atoms with van der Waals surface area (Å²) in [5.41, 5.74) is 7.21. The van der Waals surface area contributed by atoms with E-state index in [1.54, 1.807) is 12.1 Å². The number of hydrogen-bond acceptors (Lipinski definition) is 4. The molecular formula is C13H12BrN3O2S2. The number of nitrogens with two attached hydrogens (primary N) is 1. The Hall–Kier alpha value is -1.51. The number of nitrogens with zero attached hydrogens (tertiary/aromatic N) is 1. The molecule has 0 spiro atoms. The first-order chi connectivity index (χ1) is 9.79. The van der Waals surface area contributed by atoms with Crippen molar-refractivity contribution in [3.63, 3.8) is 0 Å². The van der Waals surface area contributed by atoms with Crippen LogP contribution >= 0.6 is 28.1 Å². The van der Waals surface area contributed by atoms with Gasteiger partial charge in [0, 0.05) is 10.7 Å². The normalized spacial score (nSPS) is 11.1. The molecule has 0 aliphatic heterocycles. The van der Waals surface area contributed by atoms with Crippen molar-refractivity contribution in [2.24, 2.45) is 5.73 Å². The lowest BCUT2D eigenvalue weighted by Gasteiger charge is -2.10. The maximum atomic E-state index is 12.3. The minimum atomic E-state index is -3.72. The minimum Gasteiger partial charge on any atom is -0.388 e. The number of benzene rings is 1. The first-order valence-corrected chi connectivity index (χ1v) is 8.53. The van der Waals surface area contributed by atoms with Gasteiger partial charge in [0.15, 0.2) is 0 Å². The average Bonchev–Trinajstić information content (AvgIpc) is 2.43. The number of pyridine rings is 1. The minimum absolute atomic E-state index is 0.0379. The molecule has 0 aliphatic carbocycles. The molecule has 2 aromatic rings. The molecule has 110 valence electrons. The van der Waals surface area contributed by atoms with Crippen molar-refractivity contribution in [3.05, 3.63) is 52.3 Å². The van der Waals surface area contributed by atoms with Crippen LogP contribution in [0.2, 0.25) is 0 Å². The number of hydrogen-bond donors (Lipinski definition) is 2. The number of nitrogens with one attached hydrogen (secondary N) is 1. The van der Waals surface area contributed by atoms with E-state index in [9.17, 15) is 8.42 Å². The molecule has 0 radical (unpaired) electrons. The highest BCUT2D eigenvalue weighted by Crippen LogP contribution is 2.26. The Morgan fingerprint density at radius 1 is 1.33 bits per heavy atom. The Balaban J connectivity index is 2.34. The van der Waals surface area contributed by atoms with Gasteiger partial charge in [-0.15, -0.1) is 0 Å². The Labute approximate surface area is 136 Å². The Morgan fingerprint density at radius 2 is 2.05 bits per heavy atom. The first kappa shape index (κ1) is 15.9. The summed E-state index contributed by atoms with van der Waals surface area (Å²) in [4.78, 5) is 4.09. The molecule has 21 heavy (non-hydrogen) atoms. The Bertz CT molecular complexity index is 790. The molecule has 5 nitrogen and oxygen atoms in total. The number of thiocarbonyl (C=S) groups is 1.